The zero-order valence-electron chi connectivity index (χ0n) is 11.5. The fourth-order valence-electron chi connectivity index (χ4n) is 1.99. The molecule has 2 heterocycles. The van der Waals surface area contributed by atoms with Crippen molar-refractivity contribution >= 4 is 17.0 Å². The third-order valence-corrected chi connectivity index (χ3v) is 3.95. The first-order chi connectivity index (χ1) is 8.94. The molecular weight excluding hydrogens is 256 g/mol. The van der Waals surface area contributed by atoms with Crippen LogP contribution in [0.15, 0.2) is 17.6 Å². The van der Waals surface area contributed by atoms with Gasteiger partial charge >= 0.3 is 0 Å². The van der Waals surface area contributed by atoms with Gasteiger partial charge in [0.2, 0.25) is 0 Å². The molecule has 0 saturated carbocycles. The van der Waals surface area contributed by atoms with E-state index in [1.807, 2.05) is 25.3 Å². The topological polar surface area (TPSA) is 61.6 Å². The van der Waals surface area contributed by atoms with Crippen LogP contribution in [-0.2, 0) is 5.54 Å². The molecule has 2 aromatic heterocycles. The van der Waals surface area contributed by atoms with Gasteiger partial charge in [0, 0.05) is 17.3 Å². The number of nitrogens with zero attached hydrogens (tertiary/aromatic N) is 3. The van der Waals surface area contributed by atoms with Crippen molar-refractivity contribution in [3.63, 3.8) is 0 Å². The molecule has 0 aliphatic carbocycles. The number of nitriles is 1. The second kappa shape index (κ2) is 4.98. The van der Waals surface area contributed by atoms with Gasteiger partial charge in [-0.3, -0.25) is 4.98 Å². The molecule has 2 rings (SSSR count). The van der Waals surface area contributed by atoms with Crippen LogP contribution >= 0.6 is 11.3 Å². The molecule has 2 aromatic rings. The van der Waals surface area contributed by atoms with Crippen LogP contribution in [0.2, 0.25) is 0 Å². The normalized spacial score (nSPS) is 11.1. The summed E-state index contributed by atoms with van der Waals surface area (Å²) in [7, 11) is 0. The van der Waals surface area contributed by atoms with Crippen LogP contribution in [-0.4, -0.2) is 9.97 Å². The van der Waals surface area contributed by atoms with Crippen LogP contribution in [0.3, 0.4) is 0 Å². The summed E-state index contributed by atoms with van der Waals surface area (Å²) in [5.74, 6) is 0. The molecule has 0 amide bonds. The molecule has 0 aromatic carbocycles. The molecule has 0 spiro atoms. The van der Waals surface area contributed by atoms with E-state index in [0.29, 0.717) is 5.56 Å². The lowest BCUT2D eigenvalue weighted by Gasteiger charge is -2.26. The fraction of sp³-hybridized carbons (Fsp3) is 0.357. The molecule has 0 fully saturated rings. The molecule has 0 unspecified atom stereocenters. The highest BCUT2D eigenvalue weighted by molar-refractivity contribution is 7.09. The van der Waals surface area contributed by atoms with Crippen molar-refractivity contribution in [2.24, 2.45) is 0 Å². The average molecular weight is 272 g/mol. The SMILES string of the molecule is Cc1cc(NC(C)(C)c2nccs2)c(C#N)c(C)n1. The van der Waals surface area contributed by atoms with Crippen LogP contribution in [0.5, 0.6) is 0 Å². The molecule has 5 heteroatoms. The summed E-state index contributed by atoms with van der Waals surface area (Å²) in [5, 5.41) is 15.6. The summed E-state index contributed by atoms with van der Waals surface area (Å²) in [6.07, 6.45) is 1.79. The number of thiazole rings is 1. The number of aryl methyl sites for hydroxylation is 2. The van der Waals surface area contributed by atoms with E-state index in [9.17, 15) is 5.26 Å². The van der Waals surface area contributed by atoms with Crippen molar-refractivity contribution in [1.82, 2.24) is 9.97 Å². The monoisotopic (exact) mass is 272 g/mol. The summed E-state index contributed by atoms with van der Waals surface area (Å²) in [6, 6.07) is 4.12. The van der Waals surface area contributed by atoms with Crippen LogP contribution < -0.4 is 5.32 Å². The summed E-state index contributed by atoms with van der Waals surface area (Å²) in [6.45, 7) is 7.89. The number of hydrogen-bond acceptors (Lipinski definition) is 5. The van der Waals surface area contributed by atoms with Gasteiger partial charge in [0.15, 0.2) is 0 Å². The van der Waals surface area contributed by atoms with Gasteiger partial charge in [-0.2, -0.15) is 5.26 Å². The minimum absolute atomic E-state index is 0.319. The van der Waals surface area contributed by atoms with Crippen LogP contribution in [0.1, 0.15) is 35.8 Å². The van der Waals surface area contributed by atoms with Crippen molar-refractivity contribution < 1.29 is 0 Å². The fourth-order valence-corrected chi connectivity index (χ4v) is 2.71. The van der Waals surface area contributed by atoms with Crippen LogP contribution in [0.25, 0.3) is 0 Å². The van der Waals surface area contributed by atoms with E-state index in [2.05, 4.69) is 35.2 Å². The number of pyridine rings is 1. The Labute approximate surface area is 117 Å². The van der Waals surface area contributed by atoms with E-state index in [1.165, 1.54) is 0 Å². The van der Waals surface area contributed by atoms with Gasteiger partial charge in [-0.15, -0.1) is 11.3 Å². The maximum Gasteiger partial charge on any atom is 0.117 e. The Balaban J connectivity index is 2.42. The number of anilines is 1. The van der Waals surface area contributed by atoms with Crippen molar-refractivity contribution in [2.45, 2.75) is 33.2 Å². The maximum atomic E-state index is 9.27. The van der Waals surface area contributed by atoms with E-state index in [-0.39, 0.29) is 5.54 Å². The minimum atomic E-state index is -0.319. The molecule has 0 aliphatic heterocycles. The third-order valence-electron chi connectivity index (χ3n) is 2.85. The van der Waals surface area contributed by atoms with Gasteiger partial charge in [0.25, 0.3) is 0 Å². The number of nitrogens with one attached hydrogen (secondary N) is 1. The number of rotatable bonds is 3. The van der Waals surface area contributed by atoms with E-state index in [0.717, 1.165) is 22.1 Å². The zero-order chi connectivity index (χ0) is 14.0. The van der Waals surface area contributed by atoms with E-state index < -0.39 is 0 Å². The van der Waals surface area contributed by atoms with Crippen LogP contribution in [0, 0.1) is 25.2 Å². The Morgan fingerprint density at radius 2 is 2.11 bits per heavy atom. The first-order valence-electron chi connectivity index (χ1n) is 6.00. The first kappa shape index (κ1) is 13.5. The van der Waals surface area contributed by atoms with Crippen molar-refractivity contribution in [1.29, 1.82) is 5.26 Å². The molecule has 0 saturated heterocycles. The molecule has 19 heavy (non-hydrogen) atoms. The largest absolute Gasteiger partial charge is 0.373 e. The average Bonchev–Trinajstić information content (AvgIpc) is 2.81. The summed E-state index contributed by atoms with van der Waals surface area (Å²) in [4.78, 5) is 8.66. The highest BCUT2D eigenvalue weighted by Gasteiger charge is 2.24. The summed E-state index contributed by atoms with van der Waals surface area (Å²) < 4.78 is 0. The van der Waals surface area contributed by atoms with Crippen LogP contribution in [0.4, 0.5) is 5.69 Å². The molecule has 0 radical (unpaired) electrons. The van der Waals surface area contributed by atoms with Gasteiger partial charge in [0.1, 0.15) is 11.1 Å². The zero-order valence-corrected chi connectivity index (χ0v) is 12.3. The van der Waals surface area contributed by atoms with Gasteiger partial charge in [-0.05, 0) is 33.8 Å². The molecule has 0 atom stereocenters. The maximum absolute atomic E-state index is 9.27. The Morgan fingerprint density at radius 1 is 1.37 bits per heavy atom. The third kappa shape index (κ3) is 2.74. The number of hydrogen-bond donors (Lipinski definition) is 1. The second-order valence-corrected chi connectivity index (χ2v) is 5.87. The van der Waals surface area contributed by atoms with E-state index in [1.54, 1.807) is 17.5 Å². The van der Waals surface area contributed by atoms with Gasteiger partial charge in [-0.1, -0.05) is 0 Å². The first-order valence-corrected chi connectivity index (χ1v) is 6.88. The molecule has 0 aliphatic rings. The Morgan fingerprint density at radius 3 is 2.68 bits per heavy atom. The standard InChI is InChI=1S/C14H16N4S/c1-9-7-12(11(8-15)10(2)17-9)18-14(3,4)13-16-5-6-19-13/h5-7H,1-4H3,(H,17,18). The Hall–Kier alpha value is -1.93. The summed E-state index contributed by atoms with van der Waals surface area (Å²) >= 11 is 1.60. The predicted molar refractivity (Wildman–Crippen MR) is 77.2 cm³/mol. The predicted octanol–water partition coefficient (Wildman–Crippen LogP) is 3.37. The lowest BCUT2D eigenvalue weighted by Crippen LogP contribution is -2.28. The highest BCUT2D eigenvalue weighted by atomic mass is 32.1. The molecule has 4 nitrogen and oxygen atoms in total. The minimum Gasteiger partial charge on any atom is -0.373 e. The summed E-state index contributed by atoms with van der Waals surface area (Å²) in [5.41, 5.74) is 2.73. The van der Waals surface area contributed by atoms with Crippen molar-refractivity contribution in [2.75, 3.05) is 5.32 Å². The second-order valence-electron chi connectivity index (χ2n) is 4.97. The van der Waals surface area contributed by atoms with Gasteiger partial charge in [0.05, 0.1) is 22.5 Å². The quantitative estimate of drug-likeness (QED) is 0.930. The Kier molecular flexibility index (Phi) is 3.54. The molecule has 98 valence electrons. The number of aromatic nitrogens is 2. The molecule has 0 bridgehead atoms. The molecule has 1 N–H and O–H groups in total. The van der Waals surface area contributed by atoms with Crippen molar-refractivity contribution in [3.05, 3.63) is 39.6 Å². The Bertz CT molecular complexity index is 624. The molecular formula is C14H16N4S. The van der Waals surface area contributed by atoms with Crippen molar-refractivity contribution in [3.8, 4) is 6.07 Å². The highest BCUT2D eigenvalue weighted by Crippen LogP contribution is 2.29. The van der Waals surface area contributed by atoms with Gasteiger partial charge in [-0.25, -0.2) is 4.98 Å². The lowest BCUT2D eigenvalue weighted by atomic mass is 10.0. The lowest BCUT2D eigenvalue weighted by molar-refractivity contribution is 0.603. The van der Waals surface area contributed by atoms with E-state index >= 15 is 0 Å². The van der Waals surface area contributed by atoms with Gasteiger partial charge < -0.3 is 5.32 Å². The smallest absolute Gasteiger partial charge is 0.117 e. The van der Waals surface area contributed by atoms with E-state index in [4.69, 9.17) is 0 Å².